The lowest BCUT2D eigenvalue weighted by atomic mass is 9.96. The first-order chi connectivity index (χ1) is 14.3. The Hall–Kier alpha value is -2.06. The van der Waals surface area contributed by atoms with Gasteiger partial charge in [0.15, 0.2) is 0 Å². The summed E-state index contributed by atoms with van der Waals surface area (Å²) in [5.41, 5.74) is 1.23. The highest BCUT2D eigenvalue weighted by Crippen LogP contribution is 2.33. The molecule has 1 aliphatic carbocycles. The van der Waals surface area contributed by atoms with E-state index in [0.717, 1.165) is 36.7 Å². The molecular formula is C21H20Cl2N2O4S. The predicted octanol–water partition coefficient (Wildman–Crippen LogP) is 5.75. The lowest BCUT2D eigenvalue weighted by Crippen LogP contribution is -2.36. The summed E-state index contributed by atoms with van der Waals surface area (Å²) in [5.74, 6) is 0. The molecule has 2 N–H and O–H groups in total. The molecule has 1 aromatic heterocycles. The molecule has 9 heteroatoms. The maximum Gasteiger partial charge on any atom is 0.416 e. The largest absolute Gasteiger partial charge is 0.464 e. The van der Waals surface area contributed by atoms with Crippen LogP contribution >= 0.6 is 23.2 Å². The molecule has 0 unspecified atom stereocenters. The zero-order chi connectivity index (χ0) is 21.5. The number of nitrogens with zero attached hydrogens (tertiary/aromatic N) is 1. The zero-order valence-electron chi connectivity index (χ0n) is 15.9. The fraction of sp³-hybridized carbons (Fsp3) is 0.286. The minimum absolute atomic E-state index is 0.0625. The first-order valence-electron chi connectivity index (χ1n) is 9.63. The number of aromatic nitrogens is 1. The van der Waals surface area contributed by atoms with Gasteiger partial charge in [-0.2, -0.15) is 0 Å². The topological polar surface area (TPSA) is 88.4 Å². The number of hydrogen-bond acceptors (Lipinski definition) is 3. The molecule has 0 bridgehead atoms. The van der Waals surface area contributed by atoms with Crippen LogP contribution in [0.4, 0.5) is 4.79 Å². The molecule has 1 fully saturated rings. The molecule has 0 amide bonds. The lowest BCUT2D eigenvalue weighted by molar-refractivity contribution is 0.198. The second kappa shape index (κ2) is 8.23. The van der Waals surface area contributed by atoms with Crippen LogP contribution < -0.4 is 4.72 Å². The normalized spacial score (nSPS) is 15.5. The number of sulfonamides is 1. The fourth-order valence-corrected chi connectivity index (χ4v) is 5.99. The summed E-state index contributed by atoms with van der Waals surface area (Å²) in [6, 6.07) is 11.0. The third-order valence-corrected chi connectivity index (χ3v) is 7.64. The first-order valence-corrected chi connectivity index (χ1v) is 11.9. The van der Waals surface area contributed by atoms with Gasteiger partial charge in [0.1, 0.15) is 4.90 Å². The second-order valence-electron chi connectivity index (χ2n) is 7.45. The zero-order valence-corrected chi connectivity index (χ0v) is 18.3. The Kier molecular flexibility index (Phi) is 5.81. The van der Waals surface area contributed by atoms with Crippen molar-refractivity contribution in [2.24, 2.45) is 0 Å². The number of carboxylic acid groups (broad SMARTS) is 1. The third kappa shape index (κ3) is 4.07. The van der Waals surface area contributed by atoms with Crippen LogP contribution in [0.1, 0.15) is 32.1 Å². The van der Waals surface area contributed by atoms with E-state index >= 15 is 0 Å². The summed E-state index contributed by atoms with van der Waals surface area (Å²) in [6.45, 7) is 0. The van der Waals surface area contributed by atoms with Gasteiger partial charge in [0.2, 0.25) is 10.0 Å². The number of halogens is 2. The standard InChI is InChI=1S/C21H20Cl2N2O4S/c22-15-7-9-18-14(10-15)11-19(25(18)21(26)27)13-6-8-17(23)20(12-13)30(28,29)24-16-4-2-1-3-5-16/h6-12,16,24H,1-5H2,(H,26,27). The van der Waals surface area contributed by atoms with Crippen LogP contribution in [0.2, 0.25) is 10.0 Å². The highest BCUT2D eigenvalue weighted by molar-refractivity contribution is 7.89. The van der Waals surface area contributed by atoms with E-state index in [4.69, 9.17) is 23.2 Å². The molecular weight excluding hydrogens is 447 g/mol. The number of benzene rings is 2. The van der Waals surface area contributed by atoms with Gasteiger partial charge in [-0.3, -0.25) is 0 Å². The van der Waals surface area contributed by atoms with Gasteiger partial charge >= 0.3 is 6.09 Å². The molecule has 1 heterocycles. The number of rotatable bonds is 4. The minimum Gasteiger partial charge on any atom is -0.464 e. The van der Waals surface area contributed by atoms with Gasteiger partial charge in [0.25, 0.3) is 0 Å². The van der Waals surface area contributed by atoms with Crippen LogP contribution in [-0.4, -0.2) is 30.2 Å². The minimum atomic E-state index is -3.85. The average molecular weight is 467 g/mol. The molecule has 0 saturated heterocycles. The summed E-state index contributed by atoms with van der Waals surface area (Å²) in [6.07, 6.45) is 3.50. The Morgan fingerprint density at radius 3 is 2.47 bits per heavy atom. The summed E-state index contributed by atoms with van der Waals surface area (Å²) < 4.78 is 29.9. The van der Waals surface area contributed by atoms with Crippen molar-refractivity contribution in [3.8, 4) is 11.3 Å². The fourth-order valence-electron chi connectivity index (χ4n) is 3.98. The highest BCUT2D eigenvalue weighted by atomic mass is 35.5. The van der Waals surface area contributed by atoms with Crippen LogP contribution in [-0.2, 0) is 10.0 Å². The van der Waals surface area contributed by atoms with Crippen molar-refractivity contribution in [3.05, 3.63) is 52.5 Å². The van der Waals surface area contributed by atoms with E-state index in [2.05, 4.69) is 4.72 Å². The molecule has 2 aromatic carbocycles. The molecule has 30 heavy (non-hydrogen) atoms. The molecule has 6 nitrogen and oxygen atoms in total. The van der Waals surface area contributed by atoms with Gasteiger partial charge < -0.3 is 5.11 Å². The van der Waals surface area contributed by atoms with E-state index in [-0.39, 0.29) is 16.0 Å². The van der Waals surface area contributed by atoms with Crippen molar-refractivity contribution >= 4 is 50.2 Å². The molecule has 3 aromatic rings. The van der Waals surface area contributed by atoms with E-state index in [1.54, 1.807) is 30.3 Å². The van der Waals surface area contributed by atoms with Crippen LogP contribution in [0.5, 0.6) is 0 Å². The number of hydrogen-bond donors (Lipinski definition) is 2. The number of carbonyl (C=O) groups is 1. The Balaban J connectivity index is 1.80. The van der Waals surface area contributed by atoms with Gasteiger partial charge in [-0.15, -0.1) is 0 Å². The van der Waals surface area contributed by atoms with Crippen molar-refractivity contribution in [2.45, 2.75) is 43.0 Å². The van der Waals surface area contributed by atoms with Gasteiger partial charge in [-0.1, -0.05) is 48.5 Å². The van der Waals surface area contributed by atoms with E-state index in [0.29, 0.717) is 27.2 Å². The van der Waals surface area contributed by atoms with Crippen LogP contribution in [0.25, 0.3) is 22.2 Å². The Morgan fingerprint density at radius 2 is 1.77 bits per heavy atom. The highest BCUT2D eigenvalue weighted by Gasteiger charge is 2.25. The molecule has 4 rings (SSSR count). The molecule has 1 aliphatic rings. The predicted molar refractivity (Wildman–Crippen MR) is 118 cm³/mol. The van der Waals surface area contributed by atoms with E-state index in [1.165, 1.54) is 12.1 Å². The van der Waals surface area contributed by atoms with E-state index in [9.17, 15) is 18.3 Å². The molecule has 158 valence electrons. The van der Waals surface area contributed by atoms with E-state index in [1.807, 2.05) is 0 Å². The Labute approximate surface area is 184 Å². The SMILES string of the molecule is O=C(O)n1c(-c2ccc(Cl)c(S(=O)(=O)NC3CCCCC3)c2)cc2cc(Cl)ccc21. The quantitative estimate of drug-likeness (QED) is 0.511. The Bertz CT molecular complexity index is 1230. The summed E-state index contributed by atoms with van der Waals surface area (Å²) in [5, 5.41) is 11.0. The van der Waals surface area contributed by atoms with Crippen molar-refractivity contribution in [1.29, 1.82) is 0 Å². The summed E-state index contributed by atoms with van der Waals surface area (Å²) in [4.78, 5) is 11.9. The van der Waals surface area contributed by atoms with Crippen LogP contribution in [0.3, 0.4) is 0 Å². The van der Waals surface area contributed by atoms with Crippen molar-refractivity contribution < 1.29 is 18.3 Å². The second-order valence-corrected chi connectivity index (χ2v) is 9.98. The van der Waals surface area contributed by atoms with Crippen molar-refractivity contribution in [3.63, 3.8) is 0 Å². The van der Waals surface area contributed by atoms with Crippen molar-refractivity contribution in [1.82, 2.24) is 9.29 Å². The molecule has 0 radical (unpaired) electrons. The summed E-state index contributed by atoms with van der Waals surface area (Å²) >= 11 is 12.3. The average Bonchev–Trinajstić information content (AvgIpc) is 3.07. The monoisotopic (exact) mass is 466 g/mol. The third-order valence-electron chi connectivity index (χ3n) is 5.40. The molecule has 0 spiro atoms. The first kappa shape index (κ1) is 21.2. The van der Waals surface area contributed by atoms with Gasteiger partial charge in [-0.25, -0.2) is 22.5 Å². The summed E-state index contributed by atoms with van der Waals surface area (Å²) in [7, 11) is -3.85. The van der Waals surface area contributed by atoms with Crippen LogP contribution in [0.15, 0.2) is 47.4 Å². The van der Waals surface area contributed by atoms with Gasteiger partial charge in [0.05, 0.1) is 16.2 Å². The number of fused-ring (bicyclic) bond motifs is 1. The molecule has 0 atom stereocenters. The molecule has 1 saturated carbocycles. The van der Waals surface area contributed by atoms with Crippen molar-refractivity contribution in [2.75, 3.05) is 0 Å². The maximum atomic E-state index is 13.0. The van der Waals surface area contributed by atoms with E-state index < -0.39 is 16.1 Å². The molecule has 0 aliphatic heterocycles. The lowest BCUT2D eigenvalue weighted by Gasteiger charge is -2.23. The van der Waals surface area contributed by atoms with Gasteiger partial charge in [0, 0.05) is 22.0 Å². The van der Waals surface area contributed by atoms with Crippen LogP contribution in [0, 0.1) is 0 Å². The smallest absolute Gasteiger partial charge is 0.416 e. The Morgan fingerprint density at radius 1 is 1.03 bits per heavy atom. The van der Waals surface area contributed by atoms with Gasteiger partial charge in [-0.05, 0) is 49.2 Å². The number of nitrogens with one attached hydrogen (secondary N) is 1. The maximum absolute atomic E-state index is 13.0.